The Bertz CT molecular complexity index is 677. The maximum absolute atomic E-state index is 11.5. The third-order valence-electron chi connectivity index (χ3n) is 2.64. The Labute approximate surface area is 116 Å². The van der Waals surface area contributed by atoms with E-state index >= 15 is 0 Å². The molecule has 6 heteroatoms. The van der Waals surface area contributed by atoms with Crippen molar-refractivity contribution in [2.45, 2.75) is 25.3 Å². The van der Waals surface area contributed by atoms with Crippen LogP contribution in [0.5, 0.6) is 0 Å². The van der Waals surface area contributed by atoms with Gasteiger partial charge in [0.05, 0.1) is 5.38 Å². The van der Waals surface area contributed by atoms with Gasteiger partial charge in [0.25, 0.3) is 0 Å². The van der Waals surface area contributed by atoms with Crippen molar-refractivity contribution in [1.29, 1.82) is 0 Å². The van der Waals surface area contributed by atoms with Crippen LogP contribution in [0.15, 0.2) is 13.7 Å². The Kier molecular flexibility index (Phi) is 3.64. The zero-order valence-electron chi connectivity index (χ0n) is 9.70. The Morgan fingerprint density at radius 2 is 2.17 bits per heavy atom. The van der Waals surface area contributed by atoms with Crippen LogP contribution in [0.4, 0.5) is 0 Å². The summed E-state index contributed by atoms with van der Waals surface area (Å²) in [4.78, 5) is 22.5. The Balaban J connectivity index is 2.65. The van der Waals surface area contributed by atoms with Crippen LogP contribution < -0.4 is 16.3 Å². The van der Waals surface area contributed by atoms with E-state index < -0.39 is 23.1 Å². The Morgan fingerprint density at radius 1 is 1.50 bits per heavy atom. The van der Waals surface area contributed by atoms with E-state index in [0.717, 1.165) is 10.8 Å². The van der Waals surface area contributed by atoms with Crippen molar-refractivity contribution in [2.24, 2.45) is 0 Å². The van der Waals surface area contributed by atoms with Crippen LogP contribution in [-0.2, 0) is 9.53 Å². The number of halogens is 2. The van der Waals surface area contributed by atoms with Gasteiger partial charge in [-0.05, 0) is 28.4 Å². The predicted molar refractivity (Wildman–Crippen MR) is 70.8 cm³/mol. The molecule has 2 rings (SSSR count). The summed E-state index contributed by atoms with van der Waals surface area (Å²) in [6.45, 7) is 3.09. The average molecular weight is 334 g/mol. The second-order valence-corrected chi connectivity index (χ2v) is 5.26. The smallest absolute Gasteiger partial charge is 0.350 e. The molecule has 0 spiro atoms. The monoisotopic (exact) mass is 332 g/mol. The molecule has 1 aliphatic carbocycles. The number of carbonyl (C=O) groups is 1. The summed E-state index contributed by atoms with van der Waals surface area (Å²) >= 11 is 9.28. The highest BCUT2D eigenvalue weighted by molar-refractivity contribution is 9.10. The van der Waals surface area contributed by atoms with Gasteiger partial charge in [0.1, 0.15) is 16.0 Å². The lowest BCUT2D eigenvalue weighted by Crippen LogP contribution is -2.41. The quantitative estimate of drug-likeness (QED) is 0.564. The largest absolute Gasteiger partial charge is 0.456 e. The van der Waals surface area contributed by atoms with Crippen LogP contribution in [0.25, 0.3) is 12.2 Å². The third-order valence-corrected chi connectivity index (χ3v) is 3.93. The van der Waals surface area contributed by atoms with E-state index in [1.54, 1.807) is 19.1 Å². The Morgan fingerprint density at radius 3 is 2.78 bits per heavy atom. The van der Waals surface area contributed by atoms with Gasteiger partial charge in [0.2, 0.25) is 0 Å². The van der Waals surface area contributed by atoms with Crippen molar-refractivity contribution >= 4 is 45.7 Å². The number of hydrogen-bond donors (Lipinski definition) is 0. The molecule has 4 nitrogen and oxygen atoms in total. The van der Waals surface area contributed by atoms with E-state index in [1.165, 1.54) is 6.92 Å². The molecule has 96 valence electrons. The molecule has 1 aliphatic rings. The van der Waals surface area contributed by atoms with E-state index in [1.807, 2.05) is 0 Å². The standard InChI is InChI=1S/C12H10BrClO4/c1-5-7-3-8(14)10(17-6(2)15)4-9(7)18-12(16)11(5)13/h3-4,8,10H,1-2H3. The van der Waals surface area contributed by atoms with Crippen molar-refractivity contribution in [1.82, 2.24) is 0 Å². The third kappa shape index (κ3) is 2.37. The summed E-state index contributed by atoms with van der Waals surface area (Å²) in [5, 5.41) is 0.254. The van der Waals surface area contributed by atoms with Gasteiger partial charge < -0.3 is 9.15 Å². The lowest BCUT2D eigenvalue weighted by molar-refractivity contribution is -0.143. The van der Waals surface area contributed by atoms with E-state index in [-0.39, 0.29) is 0 Å². The first-order chi connectivity index (χ1) is 8.40. The molecule has 1 aromatic rings. The molecule has 18 heavy (non-hydrogen) atoms. The van der Waals surface area contributed by atoms with E-state index in [9.17, 15) is 9.59 Å². The van der Waals surface area contributed by atoms with Crippen molar-refractivity contribution in [2.75, 3.05) is 0 Å². The average Bonchev–Trinajstić information content (AvgIpc) is 2.28. The van der Waals surface area contributed by atoms with Crippen molar-refractivity contribution in [3.05, 3.63) is 31.1 Å². The van der Waals surface area contributed by atoms with Gasteiger partial charge in [-0.15, -0.1) is 11.6 Å². The first kappa shape index (κ1) is 13.4. The topological polar surface area (TPSA) is 56.5 Å². The summed E-state index contributed by atoms with van der Waals surface area (Å²) in [7, 11) is 0. The van der Waals surface area contributed by atoms with Gasteiger partial charge in [0, 0.05) is 18.2 Å². The Hall–Kier alpha value is -1.07. The maximum atomic E-state index is 11.5. The van der Waals surface area contributed by atoms with E-state index in [2.05, 4.69) is 15.9 Å². The zero-order chi connectivity index (χ0) is 13.4. The first-order valence-electron chi connectivity index (χ1n) is 5.24. The fraction of sp³-hybridized carbons (Fsp3) is 0.333. The molecular formula is C12H10BrClO4. The van der Waals surface area contributed by atoms with Crippen molar-refractivity contribution < 1.29 is 13.9 Å². The molecule has 2 atom stereocenters. The minimum Gasteiger partial charge on any atom is -0.456 e. The molecule has 2 unspecified atom stereocenters. The fourth-order valence-electron chi connectivity index (χ4n) is 1.77. The molecular weight excluding hydrogens is 323 g/mol. The summed E-state index contributed by atoms with van der Waals surface area (Å²) in [6.07, 6.45) is 2.64. The zero-order valence-corrected chi connectivity index (χ0v) is 12.0. The predicted octanol–water partition coefficient (Wildman–Crippen LogP) is 0.824. The van der Waals surface area contributed by atoms with Gasteiger partial charge in [-0.3, -0.25) is 4.79 Å². The SMILES string of the molecule is CC(=O)OC1C=c2oc(=O)c(Br)c(C)c2=CC1Cl. The molecule has 1 heterocycles. The molecule has 0 aromatic carbocycles. The molecule has 0 N–H and O–H groups in total. The van der Waals surface area contributed by atoms with Gasteiger partial charge in [-0.1, -0.05) is 6.08 Å². The van der Waals surface area contributed by atoms with Crippen LogP contribution in [0.3, 0.4) is 0 Å². The highest BCUT2D eigenvalue weighted by atomic mass is 79.9. The summed E-state index contributed by atoms with van der Waals surface area (Å²) < 4.78 is 10.5. The van der Waals surface area contributed by atoms with Gasteiger partial charge >= 0.3 is 11.6 Å². The highest BCUT2D eigenvalue weighted by Gasteiger charge is 2.23. The number of esters is 1. The number of carbonyl (C=O) groups excluding carboxylic acids is 1. The lowest BCUT2D eigenvalue weighted by Gasteiger charge is -2.19. The van der Waals surface area contributed by atoms with Gasteiger partial charge in [-0.2, -0.15) is 0 Å². The number of fused-ring (bicyclic) bond motifs is 1. The molecule has 0 fully saturated rings. The van der Waals surface area contributed by atoms with Crippen LogP contribution in [0, 0.1) is 6.92 Å². The summed E-state index contributed by atoms with van der Waals surface area (Å²) in [6, 6.07) is 0. The normalized spacial score (nSPS) is 21.6. The molecule has 0 saturated carbocycles. The molecule has 0 bridgehead atoms. The van der Waals surface area contributed by atoms with Crippen LogP contribution in [0.2, 0.25) is 0 Å². The molecule has 0 radical (unpaired) electrons. The second-order valence-electron chi connectivity index (χ2n) is 3.96. The molecule has 1 aromatic heterocycles. The second kappa shape index (κ2) is 4.90. The summed E-state index contributed by atoms with van der Waals surface area (Å²) in [5.41, 5.74) is 0.666. The van der Waals surface area contributed by atoms with Crippen LogP contribution >= 0.6 is 27.5 Å². The minimum atomic E-state index is -0.625. The molecule has 0 saturated heterocycles. The number of hydrogen-bond acceptors (Lipinski definition) is 4. The maximum Gasteiger partial charge on any atom is 0.350 e. The van der Waals surface area contributed by atoms with E-state index in [0.29, 0.717) is 9.89 Å². The number of rotatable bonds is 1. The van der Waals surface area contributed by atoms with E-state index in [4.69, 9.17) is 20.8 Å². The van der Waals surface area contributed by atoms with Gasteiger partial charge in [-0.25, -0.2) is 4.79 Å². The molecule has 0 amide bonds. The van der Waals surface area contributed by atoms with Crippen LogP contribution in [0.1, 0.15) is 12.5 Å². The highest BCUT2D eigenvalue weighted by Crippen LogP contribution is 2.14. The van der Waals surface area contributed by atoms with Crippen LogP contribution in [-0.4, -0.2) is 17.5 Å². The summed E-state index contributed by atoms with van der Waals surface area (Å²) in [5.74, 6) is -0.435. The fourth-order valence-corrected chi connectivity index (χ4v) is 2.32. The minimum absolute atomic E-state index is 0.376. The first-order valence-corrected chi connectivity index (χ1v) is 6.47. The number of alkyl halides is 1. The van der Waals surface area contributed by atoms with Crippen molar-refractivity contribution in [3.63, 3.8) is 0 Å². The number of ether oxygens (including phenoxy) is 1. The lowest BCUT2D eigenvalue weighted by atomic mass is 10.1. The van der Waals surface area contributed by atoms with Gasteiger partial charge in [0.15, 0.2) is 0 Å². The van der Waals surface area contributed by atoms with Crippen molar-refractivity contribution in [3.8, 4) is 0 Å². The molecule has 0 aliphatic heterocycles.